The lowest BCUT2D eigenvalue weighted by Crippen LogP contribution is -2.53. The van der Waals surface area contributed by atoms with E-state index in [0.717, 1.165) is 48.9 Å². The van der Waals surface area contributed by atoms with Gasteiger partial charge in [-0.05, 0) is 86.8 Å². The highest BCUT2D eigenvalue weighted by Gasteiger charge is 2.57. The summed E-state index contributed by atoms with van der Waals surface area (Å²) in [6.45, 7) is 1.51. The van der Waals surface area contributed by atoms with Crippen LogP contribution >= 0.6 is 15.9 Å². The lowest BCUT2D eigenvalue weighted by Gasteiger charge is -2.60. The molecule has 30 heavy (non-hydrogen) atoms. The van der Waals surface area contributed by atoms with Gasteiger partial charge in [-0.3, -0.25) is 14.5 Å². The van der Waals surface area contributed by atoms with E-state index >= 15 is 0 Å². The van der Waals surface area contributed by atoms with Crippen molar-refractivity contribution in [3.63, 3.8) is 0 Å². The lowest BCUT2D eigenvalue weighted by atomic mass is 9.48. The van der Waals surface area contributed by atoms with Gasteiger partial charge in [0.25, 0.3) is 0 Å². The number of nitrogens with zero attached hydrogens (tertiary/aromatic N) is 1. The number of nitrogens with one attached hydrogen (secondary N) is 1. The summed E-state index contributed by atoms with van der Waals surface area (Å²) in [5.41, 5.74) is 7.68. The molecule has 6 rings (SSSR count). The maximum Gasteiger partial charge on any atom is 0.234 e. The Hall–Kier alpha value is -1.40. The first-order chi connectivity index (χ1) is 14.3. The number of anilines is 1. The summed E-state index contributed by atoms with van der Waals surface area (Å²) in [4.78, 5) is 27.0. The molecule has 3 N–H and O–H groups in total. The van der Waals surface area contributed by atoms with Crippen LogP contribution in [-0.2, 0) is 16.1 Å². The molecule has 3 unspecified atom stereocenters. The molecular weight excluding hydrogens is 442 g/mol. The second-order valence-corrected chi connectivity index (χ2v) is 12.2. The third-order valence-corrected chi connectivity index (χ3v) is 8.93. The second-order valence-electron chi connectivity index (χ2n) is 10.5. The third kappa shape index (κ3) is 3.93. The zero-order valence-electron chi connectivity index (χ0n) is 17.5. The van der Waals surface area contributed by atoms with E-state index in [1.54, 1.807) is 0 Å². The van der Waals surface area contributed by atoms with Crippen molar-refractivity contribution >= 4 is 33.4 Å². The third-order valence-electron chi connectivity index (χ3n) is 8.00. The fraction of sp³-hybridized carbons (Fsp3) is 0.667. The molecule has 5 fully saturated rings. The number of halogens is 1. The van der Waals surface area contributed by atoms with Gasteiger partial charge in [0, 0.05) is 23.0 Å². The Labute approximate surface area is 187 Å². The van der Waals surface area contributed by atoms with Crippen molar-refractivity contribution < 1.29 is 9.59 Å². The number of alkyl halides is 1. The number of rotatable bonds is 6. The van der Waals surface area contributed by atoms with Gasteiger partial charge in [0.05, 0.1) is 6.04 Å². The Morgan fingerprint density at radius 2 is 1.90 bits per heavy atom. The van der Waals surface area contributed by atoms with Crippen LogP contribution in [0.1, 0.15) is 63.4 Å². The number of amides is 2. The molecule has 1 aliphatic heterocycles. The fourth-order valence-corrected chi connectivity index (χ4v) is 8.92. The molecule has 0 aromatic heterocycles. The zero-order chi connectivity index (χ0) is 20.9. The van der Waals surface area contributed by atoms with Gasteiger partial charge in [-0.25, -0.2) is 0 Å². The normalized spacial score (nSPS) is 37.4. The van der Waals surface area contributed by atoms with Crippen molar-refractivity contribution in [1.29, 1.82) is 0 Å². The fourth-order valence-electron chi connectivity index (χ4n) is 7.41. The van der Waals surface area contributed by atoms with E-state index in [4.69, 9.17) is 5.73 Å². The molecule has 4 saturated carbocycles. The van der Waals surface area contributed by atoms with Crippen LogP contribution in [0, 0.1) is 17.3 Å². The SMILES string of the molecule is NC(=O)C1CCCN1Cc1ccccc1NC(=O)CC12CC3CC(CC(Br)(C3)C1)C2. The van der Waals surface area contributed by atoms with Crippen molar-refractivity contribution in [2.45, 2.75) is 74.7 Å². The number of carbonyl (C=O) groups is 2. The highest BCUT2D eigenvalue weighted by Crippen LogP contribution is 2.65. The average molecular weight is 474 g/mol. The summed E-state index contributed by atoms with van der Waals surface area (Å²) < 4.78 is 0.273. The van der Waals surface area contributed by atoms with Gasteiger partial charge in [0.1, 0.15) is 0 Å². The first kappa shape index (κ1) is 20.5. The number of carbonyl (C=O) groups excluding carboxylic acids is 2. The van der Waals surface area contributed by atoms with Crippen LogP contribution in [0.3, 0.4) is 0 Å². The Morgan fingerprint density at radius 1 is 1.17 bits per heavy atom. The second kappa shape index (κ2) is 7.63. The van der Waals surface area contributed by atoms with Crippen LogP contribution in [0.25, 0.3) is 0 Å². The maximum atomic E-state index is 13.1. The summed E-state index contributed by atoms with van der Waals surface area (Å²) >= 11 is 4.05. The van der Waals surface area contributed by atoms with Crippen molar-refractivity contribution in [3.8, 4) is 0 Å². The van der Waals surface area contributed by atoms with E-state index in [1.807, 2.05) is 24.3 Å². The summed E-state index contributed by atoms with van der Waals surface area (Å²) in [6.07, 6.45) is 9.91. The van der Waals surface area contributed by atoms with Crippen LogP contribution in [0.5, 0.6) is 0 Å². The first-order valence-electron chi connectivity index (χ1n) is 11.4. The van der Waals surface area contributed by atoms with Gasteiger partial charge in [0.2, 0.25) is 11.8 Å². The summed E-state index contributed by atoms with van der Waals surface area (Å²) in [7, 11) is 0. The summed E-state index contributed by atoms with van der Waals surface area (Å²) in [5, 5.41) is 3.22. The highest BCUT2D eigenvalue weighted by molar-refractivity contribution is 9.10. The van der Waals surface area contributed by atoms with Crippen LogP contribution in [0.4, 0.5) is 5.69 Å². The van der Waals surface area contributed by atoms with Gasteiger partial charge in [-0.2, -0.15) is 0 Å². The highest BCUT2D eigenvalue weighted by atomic mass is 79.9. The summed E-state index contributed by atoms with van der Waals surface area (Å²) in [5.74, 6) is 1.45. The van der Waals surface area contributed by atoms with E-state index in [0.29, 0.717) is 13.0 Å². The number of primary amides is 1. The smallest absolute Gasteiger partial charge is 0.234 e. The number of nitrogens with two attached hydrogens (primary N) is 1. The Kier molecular flexibility index (Phi) is 5.21. The zero-order valence-corrected chi connectivity index (χ0v) is 19.1. The Morgan fingerprint density at radius 3 is 2.60 bits per heavy atom. The molecule has 4 bridgehead atoms. The molecule has 1 aromatic carbocycles. The predicted molar refractivity (Wildman–Crippen MR) is 121 cm³/mol. The van der Waals surface area contributed by atoms with E-state index in [1.165, 1.54) is 32.1 Å². The van der Waals surface area contributed by atoms with Crippen molar-refractivity contribution in [2.75, 3.05) is 11.9 Å². The minimum atomic E-state index is -0.250. The Bertz CT molecular complexity index is 843. The molecule has 0 spiro atoms. The molecule has 3 atom stereocenters. The van der Waals surface area contributed by atoms with Crippen LogP contribution in [-0.4, -0.2) is 33.6 Å². The Balaban J connectivity index is 1.28. The molecule has 5 aliphatic rings. The molecule has 5 nitrogen and oxygen atoms in total. The van der Waals surface area contributed by atoms with E-state index in [-0.39, 0.29) is 27.6 Å². The largest absolute Gasteiger partial charge is 0.368 e. The van der Waals surface area contributed by atoms with E-state index < -0.39 is 0 Å². The van der Waals surface area contributed by atoms with Gasteiger partial charge >= 0.3 is 0 Å². The standard InChI is InChI=1S/C24H32BrN3O2/c25-24-11-16-8-17(12-24)10-23(9-16,15-24)13-21(29)27-19-5-2-1-4-18(19)14-28-7-3-6-20(28)22(26)30/h1-2,4-5,16-17,20H,3,6-15H2,(H2,26,30)(H,27,29). The number of hydrogen-bond donors (Lipinski definition) is 2. The molecule has 4 aliphatic carbocycles. The van der Waals surface area contributed by atoms with E-state index in [9.17, 15) is 9.59 Å². The molecule has 1 heterocycles. The minimum absolute atomic E-state index is 0.133. The quantitative estimate of drug-likeness (QED) is 0.607. The predicted octanol–water partition coefficient (Wildman–Crippen LogP) is 4.20. The van der Waals surface area contributed by atoms with Crippen LogP contribution in [0.2, 0.25) is 0 Å². The molecule has 0 radical (unpaired) electrons. The summed E-state index contributed by atoms with van der Waals surface area (Å²) in [6, 6.07) is 7.79. The number of likely N-dealkylation sites (tertiary alicyclic amines) is 1. The molecule has 1 aromatic rings. The van der Waals surface area contributed by atoms with Crippen LogP contribution < -0.4 is 11.1 Å². The minimum Gasteiger partial charge on any atom is -0.368 e. The van der Waals surface area contributed by atoms with Gasteiger partial charge in [-0.1, -0.05) is 34.1 Å². The van der Waals surface area contributed by atoms with Crippen molar-refractivity contribution in [1.82, 2.24) is 4.90 Å². The van der Waals surface area contributed by atoms with Gasteiger partial charge in [-0.15, -0.1) is 0 Å². The lowest BCUT2D eigenvalue weighted by molar-refractivity contribution is -0.123. The number of para-hydroxylation sites is 1. The average Bonchev–Trinajstić information content (AvgIpc) is 3.09. The van der Waals surface area contributed by atoms with E-state index in [2.05, 4.69) is 26.1 Å². The van der Waals surface area contributed by atoms with Gasteiger partial charge < -0.3 is 11.1 Å². The van der Waals surface area contributed by atoms with Gasteiger partial charge in [0.15, 0.2) is 0 Å². The molecule has 1 saturated heterocycles. The molecule has 6 heteroatoms. The first-order valence-corrected chi connectivity index (χ1v) is 12.2. The molecule has 162 valence electrons. The topological polar surface area (TPSA) is 75.4 Å². The number of benzene rings is 1. The van der Waals surface area contributed by atoms with Crippen LogP contribution in [0.15, 0.2) is 24.3 Å². The monoisotopic (exact) mass is 473 g/mol. The molecule has 2 amide bonds. The number of hydrogen-bond acceptors (Lipinski definition) is 3. The maximum absolute atomic E-state index is 13.1. The van der Waals surface area contributed by atoms with Crippen molar-refractivity contribution in [2.24, 2.45) is 23.0 Å². The molecular formula is C24H32BrN3O2. The van der Waals surface area contributed by atoms with Crippen molar-refractivity contribution in [3.05, 3.63) is 29.8 Å².